The summed E-state index contributed by atoms with van der Waals surface area (Å²) in [5, 5.41) is 2.04. The van der Waals surface area contributed by atoms with Gasteiger partial charge in [-0.25, -0.2) is 0 Å². The van der Waals surface area contributed by atoms with Crippen LogP contribution >= 0.6 is 23.2 Å². The second-order valence-electron chi connectivity index (χ2n) is 4.29. The summed E-state index contributed by atoms with van der Waals surface area (Å²) in [6.45, 7) is 1.96. The van der Waals surface area contributed by atoms with Crippen molar-refractivity contribution in [1.82, 2.24) is 4.98 Å². The number of pyridine rings is 1. The highest BCUT2D eigenvalue weighted by atomic mass is 35.5. The van der Waals surface area contributed by atoms with Gasteiger partial charge in [-0.1, -0.05) is 23.2 Å². The molecule has 1 aromatic heterocycles. The number of halogens is 2. The Hall–Kier alpha value is -1.32. The summed E-state index contributed by atoms with van der Waals surface area (Å²) in [5.41, 5.74) is 2.60. The van der Waals surface area contributed by atoms with Crippen LogP contribution in [-0.2, 0) is 16.0 Å². The van der Waals surface area contributed by atoms with Crippen molar-refractivity contribution in [3.8, 4) is 0 Å². The molecule has 0 N–H and O–H groups in total. The largest absolute Gasteiger partial charge is 0.469 e. The van der Waals surface area contributed by atoms with Crippen LogP contribution in [0.3, 0.4) is 0 Å². The first-order valence-electron chi connectivity index (χ1n) is 5.83. The maximum absolute atomic E-state index is 11.1. The van der Waals surface area contributed by atoms with Crippen molar-refractivity contribution < 1.29 is 9.53 Å². The molecule has 1 aromatic carbocycles. The first-order valence-corrected chi connectivity index (χ1v) is 6.59. The van der Waals surface area contributed by atoms with Crippen LogP contribution in [0.5, 0.6) is 0 Å². The number of nitrogens with zero attached hydrogens (tertiary/aromatic N) is 1. The van der Waals surface area contributed by atoms with Gasteiger partial charge in [-0.3, -0.25) is 9.78 Å². The molecule has 0 fully saturated rings. The van der Waals surface area contributed by atoms with Gasteiger partial charge in [0.15, 0.2) is 0 Å². The molecule has 0 aliphatic rings. The molecular weight excluding hydrogens is 285 g/mol. The molecule has 0 aliphatic carbocycles. The van der Waals surface area contributed by atoms with Crippen LogP contribution in [0.25, 0.3) is 10.9 Å². The van der Waals surface area contributed by atoms with Crippen LogP contribution in [0.15, 0.2) is 18.2 Å². The molecule has 0 bridgehead atoms. The van der Waals surface area contributed by atoms with E-state index in [1.807, 2.05) is 13.0 Å². The molecule has 100 valence electrons. The topological polar surface area (TPSA) is 39.2 Å². The molecule has 19 heavy (non-hydrogen) atoms. The van der Waals surface area contributed by atoms with Crippen LogP contribution < -0.4 is 0 Å². The van der Waals surface area contributed by atoms with E-state index < -0.39 is 0 Å². The Labute approximate surface area is 121 Å². The van der Waals surface area contributed by atoms with E-state index in [2.05, 4.69) is 9.72 Å². The Bertz CT molecular complexity index is 641. The Kier molecular flexibility index (Phi) is 4.27. The predicted octanol–water partition coefficient (Wildman–Crippen LogP) is 3.96. The number of aryl methyl sites for hydroxylation is 2. The lowest BCUT2D eigenvalue weighted by molar-refractivity contribution is -0.140. The third kappa shape index (κ3) is 3.17. The average Bonchev–Trinajstić information content (AvgIpc) is 2.34. The Morgan fingerprint density at radius 1 is 1.32 bits per heavy atom. The number of benzene rings is 1. The van der Waals surface area contributed by atoms with Crippen molar-refractivity contribution in [2.45, 2.75) is 19.8 Å². The number of hydrogen-bond acceptors (Lipinski definition) is 3. The summed E-state index contributed by atoms with van der Waals surface area (Å²) in [6, 6.07) is 5.41. The molecular formula is C14H13Cl2NO2. The number of esters is 1. The molecule has 2 rings (SSSR count). The van der Waals surface area contributed by atoms with Gasteiger partial charge < -0.3 is 4.74 Å². The lowest BCUT2D eigenvalue weighted by atomic mass is 10.1. The SMILES string of the molecule is COC(=O)CCc1cc(C)c2c(Cl)cc(Cl)cc2n1. The van der Waals surface area contributed by atoms with Gasteiger partial charge in [0, 0.05) is 22.5 Å². The molecule has 5 heteroatoms. The number of hydrogen-bond donors (Lipinski definition) is 0. The fraction of sp³-hybridized carbons (Fsp3) is 0.286. The third-order valence-corrected chi connectivity index (χ3v) is 3.40. The van der Waals surface area contributed by atoms with E-state index in [4.69, 9.17) is 23.2 Å². The zero-order chi connectivity index (χ0) is 14.0. The smallest absolute Gasteiger partial charge is 0.305 e. The summed E-state index contributed by atoms with van der Waals surface area (Å²) in [4.78, 5) is 15.6. The number of ether oxygens (including phenoxy) is 1. The molecule has 2 aromatic rings. The summed E-state index contributed by atoms with van der Waals surface area (Å²) in [5.74, 6) is -0.247. The number of methoxy groups -OCH3 is 1. The van der Waals surface area contributed by atoms with E-state index >= 15 is 0 Å². The summed E-state index contributed by atoms with van der Waals surface area (Å²) < 4.78 is 4.62. The molecule has 0 atom stereocenters. The van der Waals surface area contributed by atoms with E-state index in [0.29, 0.717) is 22.9 Å². The number of carbonyl (C=O) groups is 1. The number of aromatic nitrogens is 1. The molecule has 0 amide bonds. The van der Waals surface area contributed by atoms with Crippen molar-refractivity contribution >= 4 is 40.1 Å². The first-order chi connectivity index (χ1) is 9.01. The van der Waals surface area contributed by atoms with Gasteiger partial charge in [0.05, 0.1) is 24.1 Å². The minimum atomic E-state index is -0.247. The fourth-order valence-corrected chi connectivity index (χ4v) is 2.64. The molecule has 0 aliphatic heterocycles. The highest BCUT2D eigenvalue weighted by Gasteiger charge is 2.09. The molecule has 0 saturated heterocycles. The standard InChI is InChI=1S/C14H13Cl2NO2/c1-8-5-10(3-4-13(18)19-2)17-12-7-9(15)6-11(16)14(8)12/h5-7H,3-4H2,1-2H3. The van der Waals surface area contributed by atoms with E-state index in [9.17, 15) is 4.79 Å². The molecule has 0 saturated carbocycles. The lowest BCUT2D eigenvalue weighted by Crippen LogP contribution is -2.03. The quantitative estimate of drug-likeness (QED) is 0.805. The molecule has 3 nitrogen and oxygen atoms in total. The zero-order valence-corrected chi connectivity index (χ0v) is 12.2. The Morgan fingerprint density at radius 3 is 2.74 bits per heavy atom. The summed E-state index contributed by atoms with van der Waals surface area (Å²) >= 11 is 12.2. The van der Waals surface area contributed by atoms with Crippen LogP contribution in [-0.4, -0.2) is 18.1 Å². The second kappa shape index (κ2) is 5.76. The minimum absolute atomic E-state index is 0.247. The highest BCUT2D eigenvalue weighted by Crippen LogP contribution is 2.29. The maximum atomic E-state index is 11.1. The highest BCUT2D eigenvalue weighted by molar-refractivity contribution is 6.38. The molecule has 0 unspecified atom stereocenters. The first kappa shape index (κ1) is 14.1. The van der Waals surface area contributed by atoms with E-state index in [-0.39, 0.29) is 5.97 Å². The van der Waals surface area contributed by atoms with Crippen LogP contribution in [0.1, 0.15) is 17.7 Å². The predicted molar refractivity (Wildman–Crippen MR) is 76.8 cm³/mol. The molecule has 0 radical (unpaired) electrons. The number of rotatable bonds is 3. The van der Waals surface area contributed by atoms with Crippen molar-refractivity contribution in [1.29, 1.82) is 0 Å². The Balaban J connectivity index is 2.41. The van der Waals surface area contributed by atoms with Gasteiger partial charge >= 0.3 is 5.97 Å². The van der Waals surface area contributed by atoms with Gasteiger partial charge in [0.2, 0.25) is 0 Å². The summed E-state index contributed by atoms with van der Waals surface area (Å²) in [6.07, 6.45) is 0.844. The van der Waals surface area contributed by atoms with Gasteiger partial charge in [-0.05, 0) is 30.7 Å². The minimum Gasteiger partial charge on any atom is -0.469 e. The third-order valence-electron chi connectivity index (χ3n) is 2.89. The fourth-order valence-electron chi connectivity index (χ4n) is 2.01. The van der Waals surface area contributed by atoms with Crippen LogP contribution in [0, 0.1) is 6.92 Å². The van der Waals surface area contributed by atoms with Gasteiger partial charge in [0.1, 0.15) is 0 Å². The van der Waals surface area contributed by atoms with E-state index in [1.165, 1.54) is 7.11 Å². The normalized spacial score (nSPS) is 10.7. The van der Waals surface area contributed by atoms with Gasteiger partial charge in [-0.2, -0.15) is 0 Å². The van der Waals surface area contributed by atoms with Gasteiger partial charge in [0.25, 0.3) is 0 Å². The van der Waals surface area contributed by atoms with Gasteiger partial charge in [-0.15, -0.1) is 0 Å². The van der Waals surface area contributed by atoms with Crippen LogP contribution in [0.2, 0.25) is 10.0 Å². The molecule has 0 spiro atoms. The van der Waals surface area contributed by atoms with E-state index in [1.54, 1.807) is 12.1 Å². The number of fused-ring (bicyclic) bond motifs is 1. The molecule has 1 heterocycles. The monoisotopic (exact) mass is 297 g/mol. The maximum Gasteiger partial charge on any atom is 0.305 e. The van der Waals surface area contributed by atoms with Crippen molar-refractivity contribution in [3.63, 3.8) is 0 Å². The van der Waals surface area contributed by atoms with E-state index in [0.717, 1.165) is 22.2 Å². The van der Waals surface area contributed by atoms with Crippen molar-refractivity contribution in [2.24, 2.45) is 0 Å². The lowest BCUT2D eigenvalue weighted by Gasteiger charge is -2.08. The van der Waals surface area contributed by atoms with Crippen molar-refractivity contribution in [3.05, 3.63) is 39.5 Å². The second-order valence-corrected chi connectivity index (χ2v) is 5.13. The Morgan fingerprint density at radius 2 is 2.05 bits per heavy atom. The zero-order valence-electron chi connectivity index (χ0n) is 10.7. The van der Waals surface area contributed by atoms with Crippen LogP contribution in [0.4, 0.5) is 0 Å². The number of carbonyl (C=O) groups excluding carboxylic acids is 1. The summed E-state index contributed by atoms with van der Waals surface area (Å²) in [7, 11) is 1.38. The van der Waals surface area contributed by atoms with Crippen molar-refractivity contribution in [2.75, 3.05) is 7.11 Å². The average molecular weight is 298 g/mol.